The summed E-state index contributed by atoms with van der Waals surface area (Å²) in [4.78, 5) is 23.8. The number of amides is 1. The van der Waals surface area contributed by atoms with Crippen molar-refractivity contribution < 1.29 is 14.0 Å². The van der Waals surface area contributed by atoms with E-state index in [-0.39, 0.29) is 24.5 Å². The van der Waals surface area contributed by atoms with Crippen LogP contribution in [0, 0.1) is 5.82 Å². The third-order valence-electron chi connectivity index (χ3n) is 3.20. The molecule has 6 heteroatoms. The van der Waals surface area contributed by atoms with Crippen molar-refractivity contribution in [3.8, 4) is 0 Å². The van der Waals surface area contributed by atoms with Crippen LogP contribution >= 0.6 is 23.2 Å². The molecule has 0 fully saturated rings. The molecule has 0 bridgehead atoms. The van der Waals surface area contributed by atoms with E-state index in [0.29, 0.717) is 27.7 Å². The number of Topliss-reactive ketones (excluding diaryl/α,β-unsaturated/α-hetero) is 1. The Balaban J connectivity index is 1.83. The van der Waals surface area contributed by atoms with Crippen molar-refractivity contribution in [2.45, 2.75) is 19.3 Å². The second-order valence-electron chi connectivity index (χ2n) is 4.93. The van der Waals surface area contributed by atoms with Gasteiger partial charge in [0.05, 0.1) is 15.7 Å². The number of para-hydroxylation sites is 1. The maximum Gasteiger partial charge on any atom is 0.224 e. The Morgan fingerprint density at radius 2 is 1.57 bits per heavy atom. The van der Waals surface area contributed by atoms with Crippen LogP contribution in [0.15, 0.2) is 42.5 Å². The van der Waals surface area contributed by atoms with Crippen LogP contribution in [0.3, 0.4) is 0 Å². The average Bonchev–Trinajstić information content (AvgIpc) is 2.51. The van der Waals surface area contributed by atoms with E-state index in [0.717, 1.165) is 0 Å². The fourth-order valence-electron chi connectivity index (χ4n) is 2.01. The minimum Gasteiger partial charge on any atom is -0.324 e. The Morgan fingerprint density at radius 1 is 0.957 bits per heavy atom. The molecule has 0 saturated heterocycles. The number of halogens is 3. The quantitative estimate of drug-likeness (QED) is 0.732. The van der Waals surface area contributed by atoms with E-state index in [4.69, 9.17) is 23.2 Å². The van der Waals surface area contributed by atoms with Crippen LogP contribution in [-0.4, -0.2) is 11.7 Å². The van der Waals surface area contributed by atoms with Crippen molar-refractivity contribution in [1.82, 2.24) is 0 Å². The number of hydrogen-bond donors (Lipinski definition) is 1. The van der Waals surface area contributed by atoms with E-state index in [9.17, 15) is 14.0 Å². The van der Waals surface area contributed by atoms with Crippen LogP contribution in [0.1, 0.15) is 29.6 Å². The first kappa shape index (κ1) is 17.4. The lowest BCUT2D eigenvalue weighted by atomic mass is 10.1. The highest BCUT2D eigenvalue weighted by molar-refractivity contribution is 6.39. The van der Waals surface area contributed by atoms with Gasteiger partial charge in [0.25, 0.3) is 0 Å². The van der Waals surface area contributed by atoms with E-state index in [1.54, 1.807) is 18.2 Å². The minimum absolute atomic E-state index is 0.131. The predicted molar refractivity (Wildman–Crippen MR) is 89.7 cm³/mol. The highest BCUT2D eigenvalue weighted by Crippen LogP contribution is 2.29. The van der Waals surface area contributed by atoms with Gasteiger partial charge >= 0.3 is 0 Å². The van der Waals surface area contributed by atoms with E-state index in [1.165, 1.54) is 24.3 Å². The number of anilines is 1. The van der Waals surface area contributed by atoms with Gasteiger partial charge in [0.15, 0.2) is 5.78 Å². The fraction of sp³-hybridized carbons (Fsp3) is 0.176. The van der Waals surface area contributed by atoms with Crippen LogP contribution < -0.4 is 5.32 Å². The number of ketones is 1. The summed E-state index contributed by atoms with van der Waals surface area (Å²) in [5.41, 5.74) is 0.798. The molecule has 0 heterocycles. The monoisotopic (exact) mass is 353 g/mol. The number of carbonyl (C=O) groups is 2. The number of carbonyl (C=O) groups excluding carboxylic acids is 2. The second kappa shape index (κ2) is 8.09. The summed E-state index contributed by atoms with van der Waals surface area (Å²) in [6, 6.07) is 10.3. The molecule has 0 aliphatic carbocycles. The Labute approximate surface area is 143 Å². The Bertz CT molecular complexity index is 697. The molecule has 0 unspecified atom stereocenters. The molecule has 0 saturated carbocycles. The van der Waals surface area contributed by atoms with Crippen molar-refractivity contribution in [2.75, 3.05) is 5.32 Å². The lowest BCUT2D eigenvalue weighted by molar-refractivity contribution is -0.116. The first-order valence-corrected chi connectivity index (χ1v) is 7.75. The normalized spacial score (nSPS) is 10.4. The van der Waals surface area contributed by atoms with Crippen molar-refractivity contribution in [3.05, 3.63) is 63.9 Å². The zero-order valence-corrected chi connectivity index (χ0v) is 13.6. The van der Waals surface area contributed by atoms with Crippen molar-refractivity contribution >= 4 is 40.6 Å². The molecular weight excluding hydrogens is 340 g/mol. The lowest BCUT2D eigenvalue weighted by Gasteiger charge is -2.08. The fourth-order valence-corrected chi connectivity index (χ4v) is 2.50. The maximum absolute atomic E-state index is 12.8. The topological polar surface area (TPSA) is 46.2 Å². The van der Waals surface area contributed by atoms with Gasteiger partial charge in [-0.2, -0.15) is 0 Å². The molecule has 2 aromatic carbocycles. The molecule has 0 radical (unpaired) electrons. The molecule has 2 aromatic rings. The summed E-state index contributed by atoms with van der Waals surface area (Å²) in [7, 11) is 0. The molecule has 0 aliphatic rings. The van der Waals surface area contributed by atoms with Crippen LogP contribution in [0.2, 0.25) is 10.0 Å². The molecule has 23 heavy (non-hydrogen) atoms. The average molecular weight is 354 g/mol. The van der Waals surface area contributed by atoms with Crippen molar-refractivity contribution in [3.63, 3.8) is 0 Å². The smallest absolute Gasteiger partial charge is 0.224 e. The van der Waals surface area contributed by atoms with E-state index in [1.807, 2.05) is 0 Å². The predicted octanol–water partition coefficient (Wildman–Crippen LogP) is 5.12. The summed E-state index contributed by atoms with van der Waals surface area (Å²) in [5.74, 6) is -0.793. The molecule has 3 nitrogen and oxygen atoms in total. The summed E-state index contributed by atoms with van der Waals surface area (Å²) in [6.45, 7) is 0. The molecule has 0 spiro atoms. The molecular formula is C17H14Cl2FNO2. The summed E-state index contributed by atoms with van der Waals surface area (Å²) in [6.07, 6.45) is 0.744. The van der Waals surface area contributed by atoms with Gasteiger partial charge in [-0.05, 0) is 42.8 Å². The van der Waals surface area contributed by atoms with Crippen LogP contribution in [-0.2, 0) is 4.79 Å². The number of nitrogens with one attached hydrogen (secondary N) is 1. The van der Waals surface area contributed by atoms with Crippen molar-refractivity contribution in [1.29, 1.82) is 0 Å². The third-order valence-corrected chi connectivity index (χ3v) is 3.83. The maximum atomic E-state index is 12.8. The van der Waals surface area contributed by atoms with Gasteiger partial charge in [-0.3, -0.25) is 9.59 Å². The van der Waals surface area contributed by atoms with Gasteiger partial charge in [-0.25, -0.2) is 4.39 Å². The first-order chi connectivity index (χ1) is 11.0. The number of hydrogen-bond acceptors (Lipinski definition) is 2. The van der Waals surface area contributed by atoms with E-state index >= 15 is 0 Å². The van der Waals surface area contributed by atoms with Gasteiger partial charge in [0, 0.05) is 18.4 Å². The molecule has 0 aliphatic heterocycles. The first-order valence-electron chi connectivity index (χ1n) is 7.00. The van der Waals surface area contributed by atoms with Crippen LogP contribution in [0.5, 0.6) is 0 Å². The van der Waals surface area contributed by atoms with Crippen LogP contribution in [0.25, 0.3) is 0 Å². The van der Waals surface area contributed by atoms with Gasteiger partial charge in [0.2, 0.25) is 5.91 Å². The Morgan fingerprint density at radius 3 is 2.17 bits per heavy atom. The largest absolute Gasteiger partial charge is 0.324 e. The van der Waals surface area contributed by atoms with Gasteiger partial charge in [-0.15, -0.1) is 0 Å². The van der Waals surface area contributed by atoms with Crippen molar-refractivity contribution in [2.24, 2.45) is 0 Å². The summed E-state index contributed by atoms with van der Waals surface area (Å²) >= 11 is 11.9. The lowest BCUT2D eigenvalue weighted by Crippen LogP contribution is -2.12. The zero-order valence-electron chi connectivity index (χ0n) is 12.1. The zero-order chi connectivity index (χ0) is 16.8. The molecule has 1 amide bonds. The SMILES string of the molecule is O=C(CCCC(=O)c1ccc(F)cc1)Nc1c(Cl)cccc1Cl. The standard InChI is InChI=1S/C17H14Cl2FNO2/c18-13-3-1-4-14(19)17(13)21-16(23)6-2-5-15(22)11-7-9-12(20)10-8-11/h1,3-4,7-10H,2,5-6H2,(H,21,23). The number of rotatable bonds is 6. The van der Waals surface area contributed by atoms with Gasteiger partial charge in [0.1, 0.15) is 5.82 Å². The van der Waals surface area contributed by atoms with E-state index < -0.39 is 5.82 Å². The van der Waals surface area contributed by atoms with Crippen LogP contribution in [0.4, 0.5) is 10.1 Å². The highest BCUT2D eigenvalue weighted by Gasteiger charge is 2.11. The molecule has 0 aromatic heterocycles. The molecule has 2 rings (SSSR count). The Kier molecular flexibility index (Phi) is 6.13. The molecule has 120 valence electrons. The Hall–Kier alpha value is -1.91. The van der Waals surface area contributed by atoms with E-state index in [2.05, 4.69) is 5.32 Å². The van der Waals surface area contributed by atoms with Gasteiger partial charge < -0.3 is 5.32 Å². The molecule has 0 atom stereocenters. The van der Waals surface area contributed by atoms with Gasteiger partial charge in [-0.1, -0.05) is 29.3 Å². The number of benzene rings is 2. The second-order valence-corrected chi connectivity index (χ2v) is 5.74. The summed E-state index contributed by atoms with van der Waals surface area (Å²) < 4.78 is 12.8. The summed E-state index contributed by atoms with van der Waals surface area (Å²) in [5, 5.41) is 3.35. The molecule has 1 N–H and O–H groups in total. The third kappa shape index (κ3) is 5.05. The minimum atomic E-state index is -0.391. The highest BCUT2D eigenvalue weighted by atomic mass is 35.5.